The third kappa shape index (κ3) is 1.84. The molecule has 1 rings (SSSR count). The predicted molar refractivity (Wildman–Crippen MR) is 44.5 cm³/mol. The molecule has 0 fully saturated rings. The summed E-state index contributed by atoms with van der Waals surface area (Å²) in [5, 5.41) is 8.41. The van der Waals surface area contributed by atoms with Gasteiger partial charge in [-0.25, -0.2) is 14.3 Å². The van der Waals surface area contributed by atoms with Gasteiger partial charge in [0.25, 0.3) is 0 Å². The summed E-state index contributed by atoms with van der Waals surface area (Å²) in [5.41, 5.74) is 2.45. The Hall–Kier alpha value is -1.00. The Morgan fingerprint density at radius 3 is 2.54 bits per heavy atom. The molecule has 1 aromatic carbocycles. The second-order valence-electron chi connectivity index (χ2n) is 2.93. The van der Waals surface area contributed by atoms with Crippen molar-refractivity contribution in [2.75, 3.05) is 0 Å². The van der Waals surface area contributed by atoms with Crippen LogP contribution in [0.5, 0.6) is 0 Å². The number of rotatable bonds is 2. The van der Waals surface area contributed by atoms with Gasteiger partial charge in [-0.15, -0.1) is 0 Å². The first-order chi connectivity index (χ1) is 6.07. The van der Waals surface area contributed by atoms with Gasteiger partial charge in [0.2, 0.25) is 0 Å². The van der Waals surface area contributed by atoms with Crippen molar-refractivity contribution < 1.29 is 14.0 Å². The van der Waals surface area contributed by atoms with E-state index in [1.165, 1.54) is 13.8 Å². The molecule has 0 aliphatic carbocycles. The van der Waals surface area contributed by atoms with Crippen LogP contribution in [0.2, 0.25) is 0 Å². The average Bonchev–Trinajstić information content (AvgIpc) is 2.09. The number of aryl methyl sites for hydroxylation is 1. The van der Waals surface area contributed by atoms with Crippen molar-refractivity contribution in [2.45, 2.75) is 20.4 Å². The molecule has 1 aromatic rings. The molecule has 0 heterocycles. The van der Waals surface area contributed by atoms with Crippen LogP contribution in [0.1, 0.15) is 16.7 Å². The highest BCUT2D eigenvalue weighted by atomic mass is 19.1. The largest absolute Gasteiger partial charge is 0.316 e. The van der Waals surface area contributed by atoms with Crippen molar-refractivity contribution >= 4 is 0 Å². The van der Waals surface area contributed by atoms with E-state index in [2.05, 4.69) is 0 Å². The van der Waals surface area contributed by atoms with Crippen LogP contribution in [-0.2, 0) is 6.54 Å². The lowest BCUT2D eigenvalue weighted by Crippen LogP contribution is -2.11. The fourth-order valence-corrected chi connectivity index (χ4v) is 1.20. The molecule has 0 saturated heterocycles. The van der Waals surface area contributed by atoms with Crippen molar-refractivity contribution in [1.29, 1.82) is 0 Å². The van der Waals surface area contributed by atoms with Crippen LogP contribution in [0.4, 0.5) is 8.78 Å². The molecule has 0 amide bonds. The molecule has 0 aliphatic heterocycles. The molecule has 0 atom stereocenters. The van der Waals surface area contributed by atoms with Crippen LogP contribution in [-0.4, -0.2) is 5.21 Å². The average molecular weight is 187 g/mol. The number of halogens is 2. The fraction of sp³-hybridized carbons (Fsp3) is 0.333. The van der Waals surface area contributed by atoms with Gasteiger partial charge in [-0.1, -0.05) is 0 Å². The first-order valence-electron chi connectivity index (χ1n) is 3.89. The molecule has 72 valence electrons. The van der Waals surface area contributed by atoms with E-state index in [9.17, 15) is 8.78 Å². The molecule has 0 radical (unpaired) electrons. The Labute approximate surface area is 75.2 Å². The molecule has 0 bridgehead atoms. The molecule has 4 heteroatoms. The minimum Gasteiger partial charge on any atom is -0.316 e. The quantitative estimate of drug-likeness (QED) is 0.694. The molecule has 13 heavy (non-hydrogen) atoms. The lowest BCUT2D eigenvalue weighted by atomic mass is 10.0. The smallest absolute Gasteiger partial charge is 0.131 e. The zero-order chi connectivity index (χ0) is 10.0. The predicted octanol–water partition coefficient (Wildman–Crippen LogP) is 2.06. The van der Waals surface area contributed by atoms with Crippen molar-refractivity contribution in [2.24, 2.45) is 0 Å². The van der Waals surface area contributed by atoms with Crippen LogP contribution < -0.4 is 5.48 Å². The fourth-order valence-electron chi connectivity index (χ4n) is 1.20. The summed E-state index contributed by atoms with van der Waals surface area (Å²) in [4.78, 5) is 0. The van der Waals surface area contributed by atoms with E-state index >= 15 is 0 Å². The van der Waals surface area contributed by atoms with Gasteiger partial charge in [0.1, 0.15) is 11.6 Å². The highest BCUT2D eigenvalue weighted by Crippen LogP contribution is 2.19. The second kappa shape index (κ2) is 3.81. The van der Waals surface area contributed by atoms with E-state index in [1.807, 2.05) is 5.48 Å². The molecule has 0 saturated carbocycles. The zero-order valence-electron chi connectivity index (χ0n) is 7.49. The summed E-state index contributed by atoms with van der Waals surface area (Å²) in [6, 6.07) is 1.14. The van der Waals surface area contributed by atoms with E-state index in [-0.39, 0.29) is 23.2 Å². The molecular formula is C9H11F2NO. The summed E-state index contributed by atoms with van der Waals surface area (Å²) in [7, 11) is 0. The highest BCUT2D eigenvalue weighted by Gasteiger charge is 2.12. The Morgan fingerprint density at radius 2 is 2.00 bits per heavy atom. The maximum absolute atomic E-state index is 13.3. The summed E-state index contributed by atoms with van der Waals surface area (Å²) in [6.07, 6.45) is 0. The number of hydrogen-bond acceptors (Lipinski definition) is 2. The normalized spacial score (nSPS) is 10.5. The Bertz CT molecular complexity index is 300. The topological polar surface area (TPSA) is 32.3 Å². The third-order valence-corrected chi connectivity index (χ3v) is 2.02. The van der Waals surface area contributed by atoms with Crippen molar-refractivity contribution in [1.82, 2.24) is 5.48 Å². The van der Waals surface area contributed by atoms with Crippen molar-refractivity contribution in [3.8, 4) is 0 Å². The molecular weight excluding hydrogens is 176 g/mol. The van der Waals surface area contributed by atoms with Crippen LogP contribution >= 0.6 is 0 Å². The zero-order valence-corrected chi connectivity index (χ0v) is 7.49. The van der Waals surface area contributed by atoms with E-state index in [0.717, 1.165) is 6.07 Å². The number of nitrogens with one attached hydrogen (secondary N) is 1. The lowest BCUT2D eigenvalue weighted by Gasteiger charge is -2.09. The van der Waals surface area contributed by atoms with Crippen molar-refractivity contribution in [3.05, 3.63) is 34.4 Å². The van der Waals surface area contributed by atoms with E-state index < -0.39 is 11.6 Å². The molecule has 2 nitrogen and oxygen atoms in total. The molecule has 0 aromatic heterocycles. The van der Waals surface area contributed by atoms with Gasteiger partial charge in [-0.3, -0.25) is 0 Å². The van der Waals surface area contributed by atoms with Crippen LogP contribution in [0.25, 0.3) is 0 Å². The van der Waals surface area contributed by atoms with Gasteiger partial charge >= 0.3 is 0 Å². The monoisotopic (exact) mass is 187 g/mol. The minimum absolute atomic E-state index is 0.0870. The first-order valence-corrected chi connectivity index (χ1v) is 3.89. The van der Waals surface area contributed by atoms with Gasteiger partial charge in [0.05, 0.1) is 0 Å². The van der Waals surface area contributed by atoms with E-state index in [0.29, 0.717) is 0 Å². The van der Waals surface area contributed by atoms with Crippen LogP contribution in [0.3, 0.4) is 0 Å². The minimum atomic E-state index is -0.472. The Balaban J connectivity index is 3.28. The van der Waals surface area contributed by atoms with E-state index in [4.69, 9.17) is 5.21 Å². The molecule has 0 spiro atoms. The number of benzene rings is 1. The standard InChI is InChI=1S/C9H11F2NO/c1-5-3-8(10)6(2)7(4-12-13)9(5)11/h3,12-13H,4H2,1-2H3. The van der Waals surface area contributed by atoms with Crippen LogP contribution in [0, 0.1) is 25.5 Å². The summed E-state index contributed by atoms with van der Waals surface area (Å²) in [6.45, 7) is 2.87. The number of hydroxylamine groups is 1. The molecule has 0 unspecified atom stereocenters. The SMILES string of the molecule is Cc1cc(F)c(C)c(CNO)c1F. The second-order valence-corrected chi connectivity index (χ2v) is 2.93. The van der Waals surface area contributed by atoms with Gasteiger partial charge in [-0.2, -0.15) is 0 Å². The van der Waals surface area contributed by atoms with Gasteiger partial charge < -0.3 is 5.21 Å². The maximum Gasteiger partial charge on any atom is 0.131 e. The van der Waals surface area contributed by atoms with Crippen LogP contribution in [0.15, 0.2) is 6.07 Å². The summed E-state index contributed by atoms with van der Waals surface area (Å²) < 4.78 is 26.4. The van der Waals surface area contributed by atoms with Gasteiger partial charge in [0, 0.05) is 12.1 Å². The highest BCUT2D eigenvalue weighted by molar-refractivity contribution is 5.33. The first kappa shape index (κ1) is 10.1. The van der Waals surface area contributed by atoms with E-state index in [1.54, 1.807) is 0 Å². The van der Waals surface area contributed by atoms with Gasteiger partial charge in [0.15, 0.2) is 0 Å². The summed E-state index contributed by atoms with van der Waals surface area (Å²) in [5.74, 6) is -0.926. The lowest BCUT2D eigenvalue weighted by molar-refractivity contribution is 0.159. The third-order valence-electron chi connectivity index (χ3n) is 2.02. The molecule has 2 N–H and O–H groups in total. The maximum atomic E-state index is 13.3. The molecule has 0 aliphatic rings. The van der Waals surface area contributed by atoms with Crippen molar-refractivity contribution in [3.63, 3.8) is 0 Å². The Morgan fingerprint density at radius 1 is 1.38 bits per heavy atom. The summed E-state index contributed by atoms with van der Waals surface area (Å²) >= 11 is 0. The van der Waals surface area contributed by atoms with Gasteiger partial charge in [-0.05, 0) is 31.0 Å². The number of hydrogen-bond donors (Lipinski definition) is 2. The Kier molecular flexibility index (Phi) is 2.95.